The fraction of sp³-hybridized carbons (Fsp3) is 0.235. The molecule has 1 aliphatic rings. The number of aromatic nitrogens is 2. The second-order valence-electron chi connectivity index (χ2n) is 10.5. The average molecular weight is 582 g/mol. The lowest BCUT2D eigenvalue weighted by Crippen LogP contribution is -2.34. The van der Waals surface area contributed by atoms with Gasteiger partial charge in [0.25, 0.3) is 5.91 Å². The molecule has 0 spiro atoms. The minimum Gasteiger partial charge on any atom is -0.491 e. The zero-order valence-electron chi connectivity index (χ0n) is 23.7. The molecule has 0 unspecified atom stereocenters. The second kappa shape index (κ2) is 12.3. The highest BCUT2D eigenvalue weighted by Gasteiger charge is 2.21. The van der Waals surface area contributed by atoms with Crippen molar-refractivity contribution < 1.29 is 18.8 Å². The Bertz CT molecular complexity index is 1690. The zero-order chi connectivity index (χ0) is 29.1. The molecule has 0 atom stereocenters. The van der Waals surface area contributed by atoms with Crippen molar-refractivity contribution in [2.75, 3.05) is 26.4 Å². The van der Waals surface area contributed by atoms with Gasteiger partial charge in [0.1, 0.15) is 18.1 Å². The van der Waals surface area contributed by atoms with Gasteiger partial charge in [-0.3, -0.25) is 4.79 Å². The van der Waals surface area contributed by atoms with Crippen LogP contribution in [0.15, 0.2) is 89.7 Å². The number of amides is 1. The molecule has 3 heterocycles. The monoisotopic (exact) mass is 581 g/mol. The Morgan fingerprint density at radius 3 is 2.52 bits per heavy atom. The van der Waals surface area contributed by atoms with E-state index in [2.05, 4.69) is 23.4 Å². The van der Waals surface area contributed by atoms with E-state index < -0.39 is 0 Å². The molecule has 5 aromatic rings. The number of carbonyl (C=O) groups is 1. The van der Waals surface area contributed by atoms with Gasteiger partial charge in [0.15, 0.2) is 0 Å². The van der Waals surface area contributed by atoms with Crippen LogP contribution in [0.5, 0.6) is 5.75 Å². The molecular weight excluding hydrogens is 550 g/mol. The van der Waals surface area contributed by atoms with Gasteiger partial charge in [0, 0.05) is 43.2 Å². The van der Waals surface area contributed by atoms with Gasteiger partial charge in [0.2, 0.25) is 0 Å². The van der Waals surface area contributed by atoms with E-state index >= 15 is 0 Å². The van der Waals surface area contributed by atoms with E-state index in [0.29, 0.717) is 49.9 Å². The predicted octanol–water partition coefficient (Wildman–Crippen LogP) is 7.04. The molecule has 1 aliphatic heterocycles. The summed E-state index contributed by atoms with van der Waals surface area (Å²) < 4.78 is 19.5. The maximum absolute atomic E-state index is 13.8. The summed E-state index contributed by atoms with van der Waals surface area (Å²) in [5, 5.41) is 4.54. The minimum absolute atomic E-state index is 0.133. The number of halogens is 1. The maximum atomic E-state index is 13.8. The van der Waals surface area contributed by atoms with Crippen molar-refractivity contribution in [1.82, 2.24) is 14.6 Å². The first-order valence-electron chi connectivity index (χ1n) is 14.0. The highest BCUT2D eigenvalue weighted by Crippen LogP contribution is 2.32. The summed E-state index contributed by atoms with van der Waals surface area (Å²) in [6.07, 6.45) is 4.55. The van der Waals surface area contributed by atoms with Crippen LogP contribution in [0.3, 0.4) is 0 Å². The third-order valence-electron chi connectivity index (χ3n) is 7.51. The zero-order valence-corrected chi connectivity index (χ0v) is 24.4. The van der Waals surface area contributed by atoms with E-state index in [-0.39, 0.29) is 5.91 Å². The summed E-state index contributed by atoms with van der Waals surface area (Å²) in [5.41, 5.74) is 7.48. The van der Waals surface area contributed by atoms with E-state index in [1.165, 1.54) is 0 Å². The molecule has 0 saturated carbocycles. The molecule has 2 bridgehead atoms. The van der Waals surface area contributed by atoms with Gasteiger partial charge in [0.05, 0.1) is 29.5 Å². The number of ether oxygens (including phenoxy) is 2. The van der Waals surface area contributed by atoms with Crippen LogP contribution in [0.2, 0.25) is 5.02 Å². The number of hydrogen-bond donors (Lipinski definition) is 0. The van der Waals surface area contributed by atoms with Crippen molar-refractivity contribution in [3.8, 4) is 22.6 Å². The van der Waals surface area contributed by atoms with Gasteiger partial charge < -0.3 is 23.5 Å². The molecular formula is C34H32ClN3O4. The highest BCUT2D eigenvalue weighted by molar-refractivity contribution is 6.34. The maximum Gasteiger partial charge on any atom is 0.255 e. The third kappa shape index (κ3) is 5.98. The van der Waals surface area contributed by atoms with E-state index in [9.17, 15) is 4.79 Å². The summed E-state index contributed by atoms with van der Waals surface area (Å²) in [6.45, 7) is 5.93. The lowest BCUT2D eigenvalue weighted by Gasteiger charge is -2.24. The number of fused-ring (bicyclic) bond motifs is 3. The average Bonchev–Trinajstić information content (AvgIpc) is 3.64. The van der Waals surface area contributed by atoms with Crippen LogP contribution >= 0.6 is 11.6 Å². The largest absolute Gasteiger partial charge is 0.491 e. The van der Waals surface area contributed by atoms with Crippen molar-refractivity contribution in [2.45, 2.75) is 26.8 Å². The molecule has 214 valence electrons. The lowest BCUT2D eigenvalue weighted by molar-refractivity contribution is 0.0571. The first-order valence-corrected chi connectivity index (χ1v) is 14.4. The molecule has 42 heavy (non-hydrogen) atoms. The Balaban J connectivity index is 1.29. The van der Waals surface area contributed by atoms with Gasteiger partial charge in [-0.15, -0.1) is 0 Å². The van der Waals surface area contributed by atoms with Gasteiger partial charge in [-0.1, -0.05) is 47.1 Å². The first-order chi connectivity index (χ1) is 20.5. The predicted molar refractivity (Wildman–Crippen MR) is 162 cm³/mol. The number of hydrogen-bond acceptors (Lipinski definition) is 5. The smallest absolute Gasteiger partial charge is 0.255 e. The summed E-state index contributed by atoms with van der Waals surface area (Å²) in [6, 6.07) is 24.0. The Kier molecular flexibility index (Phi) is 8.13. The van der Waals surface area contributed by atoms with Crippen molar-refractivity contribution in [3.63, 3.8) is 0 Å². The third-order valence-corrected chi connectivity index (χ3v) is 7.82. The molecule has 0 fully saturated rings. The summed E-state index contributed by atoms with van der Waals surface area (Å²) in [5.74, 6) is 1.48. The van der Waals surface area contributed by atoms with E-state index in [1.54, 1.807) is 11.0 Å². The molecule has 2 aromatic heterocycles. The topological polar surface area (TPSA) is 69.7 Å². The van der Waals surface area contributed by atoms with Crippen molar-refractivity contribution >= 4 is 17.5 Å². The number of benzene rings is 3. The van der Waals surface area contributed by atoms with Crippen LogP contribution in [-0.4, -0.2) is 46.9 Å². The number of rotatable bonds is 3. The molecule has 0 saturated heterocycles. The summed E-state index contributed by atoms with van der Waals surface area (Å²) in [7, 11) is 0. The van der Waals surface area contributed by atoms with Gasteiger partial charge in [-0.2, -0.15) is 0 Å². The van der Waals surface area contributed by atoms with Crippen molar-refractivity contribution in [1.29, 1.82) is 0 Å². The number of aryl methyl sites for hydroxylation is 2. The fourth-order valence-corrected chi connectivity index (χ4v) is 5.70. The standard InChI is InChI=1S/C34H32ClN3O4/c1-23-33(24(2)42-36-23)27-8-11-32-28(20-27)19-25-6-5-7-26(18-25)22-38(14-15-40-16-17-41-32)34(39)30-10-9-29(21-31(30)35)37-12-3-4-13-37/h3-13,18,20-21H,14-17,19,22H2,1-2H3. The van der Waals surface area contributed by atoms with Crippen LogP contribution in [0.1, 0.15) is 38.5 Å². The van der Waals surface area contributed by atoms with E-state index in [4.69, 9.17) is 25.6 Å². The molecule has 3 aromatic carbocycles. The second-order valence-corrected chi connectivity index (χ2v) is 10.9. The lowest BCUT2D eigenvalue weighted by atomic mass is 9.96. The van der Waals surface area contributed by atoms with Crippen molar-refractivity contribution in [3.05, 3.63) is 124 Å². The summed E-state index contributed by atoms with van der Waals surface area (Å²) in [4.78, 5) is 15.6. The Hall–Kier alpha value is -4.33. The van der Waals surface area contributed by atoms with Crippen molar-refractivity contribution in [2.24, 2.45) is 0 Å². The normalized spacial score (nSPS) is 14.1. The van der Waals surface area contributed by atoms with Crippen LogP contribution in [0.4, 0.5) is 0 Å². The molecule has 7 nitrogen and oxygen atoms in total. The molecule has 1 amide bonds. The molecule has 8 heteroatoms. The van der Waals surface area contributed by atoms with Crippen LogP contribution in [-0.2, 0) is 17.7 Å². The van der Waals surface area contributed by atoms with Gasteiger partial charge in [-0.25, -0.2) is 0 Å². The van der Waals surface area contributed by atoms with Gasteiger partial charge >= 0.3 is 0 Å². The molecule has 0 aliphatic carbocycles. The van der Waals surface area contributed by atoms with E-state index in [0.717, 1.165) is 50.7 Å². The van der Waals surface area contributed by atoms with Crippen LogP contribution < -0.4 is 4.74 Å². The fourth-order valence-electron chi connectivity index (χ4n) is 5.44. The Labute approximate surface area is 250 Å². The Morgan fingerprint density at radius 2 is 1.74 bits per heavy atom. The van der Waals surface area contributed by atoms with Gasteiger partial charge in [-0.05, 0) is 78.6 Å². The summed E-state index contributed by atoms with van der Waals surface area (Å²) >= 11 is 6.64. The van der Waals surface area contributed by atoms with E-state index in [1.807, 2.05) is 79.3 Å². The molecule has 6 rings (SSSR count). The quantitative estimate of drug-likeness (QED) is 0.228. The van der Waals surface area contributed by atoms with Crippen LogP contribution in [0.25, 0.3) is 16.8 Å². The first kappa shape index (κ1) is 27.8. The highest BCUT2D eigenvalue weighted by atomic mass is 35.5. The minimum atomic E-state index is -0.133. The molecule has 0 N–H and O–H groups in total. The van der Waals surface area contributed by atoms with Crippen LogP contribution in [0, 0.1) is 13.8 Å². The number of nitrogens with zero attached hydrogens (tertiary/aromatic N) is 3. The number of carbonyl (C=O) groups excluding carboxylic acids is 1. The molecule has 0 radical (unpaired) electrons. The SMILES string of the molecule is Cc1noc(C)c1-c1ccc2c(c1)Cc1cccc(c1)CN(C(=O)c1ccc(-n3cccc3)cc1Cl)CCOCCO2. The Morgan fingerprint density at radius 1 is 0.905 bits per heavy atom.